The number of aromatic nitrogens is 3. The minimum atomic E-state index is 0.293. The first kappa shape index (κ1) is 15.0. The van der Waals surface area contributed by atoms with Crippen LogP contribution in [0.1, 0.15) is 20.3 Å². The number of hydrogen-bond donors (Lipinski definition) is 3. The van der Waals surface area contributed by atoms with Crippen molar-refractivity contribution in [1.29, 1.82) is 0 Å². The molecule has 3 rings (SSSR count). The molecule has 0 spiro atoms. The van der Waals surface area contributed by atoms with Crippen molar-refractivity contribution in [2.45, 2.75) is 26.3 Å². The number of anilines is 4. The normalized spacial score (nSPS) is 12.1. The Morgan fingerprint density at radius 3 is 2.74 bits per heavy atom. The van der Waals surface area contributed by atoms with E-state index in [-0.39, 0.29) is 0 Å². The maximum atomic E-state index is 6.21. The number of nitrogens with one attached hydrogen (secondary N) is 2. The monoisotopic (exact) mass is 308 g/mol. The van der Waals surface area contributed by atoms with Gasteiger partial charge in [0.2, 0.25) is 0 Å². The number of nitrogens with zero attached hydrogens (tertiary/aromatic N) is 3. The minimum Gasteiger partial charge on any atom is -0.393 e. The Kier molecular flexibility index (Phi) is 4.23. The summed E-state index contributed by atoms with van der Waals surface area (Å²) in [5.41, 5.74) is 8.55. The summed E-state index contributed by atoms with van der Waals surface area (Å²) in [4.78, 5) is 12.9. The van der Waals surface area contributed by atoms with Gasteiger partial charge in [-0.05, 0) is 37.6 Å². The molecular weight excluding hydrogens is 288 g/mol. The minimum absolute atomic E-state index is 0.293. The van der Waals surface area contributed by atoms with Gasteiger partial charge in [-0.3, -0.25) is 4.98 Å². The Bertz CT molecular complexity index is 812. The van der Waals surface area contributed by atoms with Crippen LogP contribution in [0.4, 0.5) is 23.0 Å². The Morgan fingerprint density at radius 2 is 1.91 bits per heavy atom. The zero-order valence-electron chi connectivity index (χ0n) is 13.2. The van der Waals surface area contributed by atoms with Crippen LogP contribution in [0.15, 0.2) is 42.9 Å². The number of benzene rings is 1. The lowest BCUT2D eigenvalue weighted by Crippen LogP contribution is -2.16. The number of fused-ring (bicyclic) bond motifs is 1. The van der Waals surface area contributed by atoms with Crippen LogP contribution in [-0.2, 0) is 0 Å². The molecule has 2 aromatic heterocycles. The zero-order valence-corrected chi connectivity index (χ0v) is 13.2. The average molecular weight is 308 g/mol. The molecule has 0 amide bonds. The van der Waals surface area contributed by atoms with Crippen LogP contribution in [0, 0.1) is 0 Å². The molecule has 0 aliphatic rings. The molecule has 1 aromatic carbocycles. The van der Waals surface area contributed by atoms with Crippen molar-refractivity contribution < 1.29 is 0 Å². The second kappa shape index (κ2) is 6.48. The summed E-state index contributed by atoms with van der Waals surface area (Å²) in [5, 5.41) is 7.60. The van der Waals surface area contributed by atoms with Crippen LogP contribution in [0.3, 0.4) is 0 Å². The van der Waals surface area contributed by atoms with Crippen LogP contribution in [0.5, 0.6) is 0 Å². The molecule has 6 heteroatoms. The molecule has 6 nitrogen and oxygen atoms in total. The van der Waals surface area contributed by atoms with Crippen molar-refractivity contribution in [1.82, 2.24) is 15.0 Å². The van der Waals surface area contributed by atoms with E-state index >= 15 is 0 Å². The predicted molar refractivity (Wildman–Crippen MR) is 94.8 cm³/mol. The summed E-state index contributed by atoms with van der Waals surface area (Å²) in [6, 6.07) is 10.1. The summed E-state index contributed by atoms with van der Waals surface area (Å²) in [7, 11) is 0. The first-order chi connectivity index (χ1) is 11.2. The molecule has 0 aliphatic heterocycles. The van der Waals surface area contributed by atoms with Crippen LogP contribution < -0.4 is 16.4 Å². The van der Waals surface area contributed by atoms with Crippen LogP contribution >= 0.6 is 0 Å². The Balaban J connectivity index is 1.95. The predicted octanol–water partition coefficient (Wildman–Crippen LogP) is 3.56. The number of nitrogens with two attached hydrogens (primary N) is 1. The first-order valence-corrected chi connectivity index (χ1v) is 7.66. The van der Waals surface area contributed by atoms with E-state index < -0.39 is 0 Å². The van der Waals surface area contributed by atoms with E-state index in [1.807, 2.05) is 30.3 Å². The van der Waals surface area contributed by atoms with E-state index in [1.54, 1.807) is 6.20 Å². The van der Waals surface area contributed by atoms with Crippen molar-refractivity contribution in [2.75, 3.05) is 16.4 Å². The summed E-state index contributed by atoms with van der Waals surface area (Å²) < 4.78 is 0. The van der Waals surface area contributed by atoms with Gasteiger partial charge in [0.1, 0.15) is 12.0 Å². The average Bonchev–Trinajstić information content (AvgIpc) is 2.58. The van der Waals surface area contributed by atoms with E-state index in [0.717, 1.165) is 23.0 Å². The number of hydrogen-bond acceptors (Lipinski definition) is 6. The topological polar surface area (TPSA) is 88.8 Å². The fourth-order valence-electron chi connectivity index (χ4n) is 2.29. The molecule has 1 atom stereocenters. The highest BCUT2D eigenvalue weighted by molar-refractivity contribution is 5.94. The van der Waals surface area contributed by atoms with Gasteiger partial charge in [-0.1, -0.05) is 13.0 Å². The molecule has 118 valence electrons. The highest BCUT2D eigenvalue weighted by Crippen LogP contribution is 2.29. The maximum Gasteiger partial charge on any atom is 0.159 e. The lowest BCUT2D eigenvalue weighted by molar-refractivity contribution is 0.759. The molecule has 1 unspecified atom stereocenters. The third-order valence-corrected chi connectivity index (χ3v) is 3.78. The molecule has 2 heterocycles. The SMILES string of the molecule is CCC(C)Nc1ncnc(Nc2cccc3ncccc23)c1N. The number of pyridine rings is 1. The highest BCUT2D eigenvalue weighted by atomic mass is 15.1. The van der Waals surface area contributed by atoms with Crippen molar-refractivity contribution in [2.24, 2.45) is 0 Å². The molecular formula is C17H20N6. The fraction of sp³-hybridized carbons (Fsp3) is 0.235. The van der Waals surface area contributed by atoms with Crippen molar-refractivity contribution in [3.8, 4) is 0 Å². The quantitative estimate of drug-likeness (QED) is 0.668. The van der Waals surface area contributed by atoms with Crippen LogP contribution in [0.25, 0.3) is 10.9 Å². The third kappa shape index (κ3) is 3.15. The van der Waals surface area contributed by atoms with Crippen molar-refractivity contribution in [3.05, 3.63) is 42.9 Å². The summed E-state index contributed by atoms with van der Waals surface area (Å²) in [6.45, 7) is 4.20. The molecule has 3 aromatic rings. The van der Waals surface area contributed by atoms with E-state index in [9.17, 15) is 0 Å². The first-order valence-electron chi connectivity index (χ1n) is 7.66. The molecule has 0 fully saturated rings. The van der Waals surface area contributed by atoms with Crippen molar-refractivity contribution in [3.63, 3.8) is 0 Å². The molecule has 0 radical (unpaired) electrons. The lowest BCUT2D eigenvalue weighted by Gasteiger charge is -2.16. The Labute approximate surface area is 135 Å². The van der Waals surface area contributed by atoms with E-state index in [2.05, 4.69) is 39.4 Å². The van der Waals surface area contributed by atoms with E-state index in [1.165, 1.54) is 6.33 Å². The summed E-state index contributed by atoms with van der Waals surface area (Å²) >= 11 is 0. The molecule has 0 bridgehead atoms. The summed E-state index contributed by atoms with van der Waals surface area (Å²) in [6.07, 6.45) is 4.27. The Hall–Kier alpha value is -2.89. The van der Waals surface area contributed by atoms with Gasteiger partial charge in [-0.25, -0.2) is 9.97 Å². The Morgan fingerprint density at radius 1 is 1.09 bits per heavy atom. The largest absolute Gasteiger partial charge is 0.393 e. The van der Waals surface area contributed by atoms with Gasteiger partial charge in [0, 0.05) is 23.3 Å². The lowest BCUT2D eigenvalue weighted by atomic mass is 10.2. The molecule has 0 saturated heterocycles. The van der Waals surface area contributed by atoms with Crippen LogP contribution in [0.2, 0.25) is 0 Å². The van der Waals surface area contributed by atoms with Crippen molar-refractivity contribution >= 4 is 33.9 Å². The van der Waals surface area contributed by atoms with Gasteiger partial charge in [-0.15, -0.1) is 0 Å². The van der Waals surface area contributed by atoms with Gasteiger partial charge in [0.05, 0.1) is 5.52 Å². The maximum absolute atomic E-state index is 6.21. The van der Waals surface area contributed by atoms with Gasteiger partial charge in [0.25, 0.3) is 0 Å². The number of rotatable bonds is 5. The third-order valence-electron chi connectivity index (χ3n) is 3.78. The van der Waals surface area contributed by atoms with E-state index in [0.29, 0.717) is 23.4 Å². The zero-order chi connectivity index (χ0) is 16.2. The smallest absolute Gasteiger partial charge is 0.159 e. The van der Waals surface area contributed by atoms with Gasteiger partial charge in [0.15, 0.2) is 11.6 Å². The molecule has 4 N–H and O–H groups in total. The van der Waals surface area contributed by atoms with E-state index in [4.69, 9.17) is 5.73 Å². The van der Waals surface area contributed by atoms with Gasteiger partial charge in [-0.2, -0.15) is 0 Å². The molecule has 0 aliphatic carbocycles. The second-order valence-electron chi connectivity index (χ2n) is 5.44. The highest BCUT2D eigenvalue weighted by Gasteiger charge is 2.11. The van der Waals surface area contributed by atoms with Gasteiger partial charge < -0.3 is 16.4 Å². The standard InChI is InChI=1S/C17H20N6/c1-3-11(2)22-16-15(18)17(21-10-20-16)23-14-8-4-7-13-12(14)6-5-9-19-13/h4-11H,3,18H2,1-2H3,(H2,20,21,22,23). The second-order valence-corrected chi connectivity index (χ2v) is 5.44. The molecule has 0 saturated carbocycles. The van der Waals surface area contributed by atoms with Crippen LogP contribution in [-0.4, -0.2) is 21.0 Å². The molecule has 23 heavy (non-hydrogen) atoms. The number of nitrogen functional groups attached to an aromatic ring is 1. The van der Waals surface area contributed by atoms with Gasteiger partial charge >= 0.3 is 0 Å². The fourth-order valence-corrected chi connectivity index (χ4v) is 2.29. The summed E-state index contributed by atoms with van der Waals surface area (Å²) in [5.74, 6) is 1.23.